The molecule has 2 rings (SSSR count). The van der Waals surface area contributed by atoms with E-state index in [1.54, 1.807) is 6.07 Å². The highest BCUT2D eigenvalue weighted by molar-refractivity contribution is 5.85. The summed E-state index contributed by atoms with van der Waals surface area (Å²) in [6, 6.07) is 6.07. The molecule has 1 saturated heterocycles. The van der Waals surface area contributed by atoms with Gasteiger partial charge in [0.15, 0.2) is 0 Å². The van der Waals surface area contributed by atoms with Gasteiger partial charge < -0.3 is 5.32 Å². The first-order chi connectivity index (χ1) is 8.72. The normalized spacial score (nSPS) is 17.8. The molecule has 0 aliphatic carbocycles. The van der Waals surface area contributed by atoms with Gasteiger partial charge in [-0.05, 0) is 30.5 Å². The second-order valence-corrected chi connectivity index (χ2v) is 5.10. The van der Waals surface area contributed by atoms with E-state index in [1.807, 2.05) is 13.0 Å². The third-order valence-electron chi connectivity index (χ3n) is 3.74. The third kappa shape index (κ3) is 4.16. The largest absolute Gasteiger partial charge is 0.314 e. The van der Waals surface area contributed by atoms with Crippen LogP contribution in [0.2, 0.25) is 0 Å². The summed E-state index contributed by atoms with van der Waals surface area (Å²) >= 11 is 0. The van der Waals surface area contributed by atoms with Crippen molar-refractivity contribution in [1.29, 1.82) is 0 Å². The Balaban J connectivity index is 0.00000180. The summed E-state index contributed by atoms with van der Waals surface area (Å²) in [5, 5.41) is 3.37. The zero-order chi connectivity index (χ0) is 13.0. The summed E-state index contributed by atoms with van der Waals surface area (Å²) in [7, 11) is 0. The SMILES string of the molecule is CCC[C@@H](c1ccc(C)c(F)c1)N1CCNCC1.Cl. The fourth-order valence-electron chi connectivity index (χ4n) is 2.64. The lowest BCUT2D eigenvalue weighted by Gasteiger charge is -2.35. The summed E-state index contributed by atoms with van der Waals surface area (Å²) in [5.41, 5.74) is 1.86. The van der Waals surface area contributed by atoms with Crippen molar-refractivity contribution in [2.24, 2.45) is 0 Å². The molecule has 1 aromatic rings. The quantitative estimate of drug-likeness (QED) is 0.914. The van der Waals surface area contributed by atoms with Crippen molar-refractivity contribution in [2.45, 2.75) is 32.7 Å². The number of nitrogens with one attached hydrogen (secondary N) is 1. The van der Waals surface area contributed by atoms with E-state index in [0.717, 1.165) is 50.1 Å². The van der Waals surface area contributed by atoms with Gasteiger partial charge in [-0.2, -0.15) is 0 Å². The summed E-state index contributed by atoms with van der Waals surface area (Å²) in [6.45, 7) is 8.20. The maximum absolute atomic E-state index is 13.7. The monoisotopic (exact) mass is 286 g/mol. The fraction of sp³-hybridized carbons (Fsp3) is 0.600. The maximum atomic E-state index is 13.7. The molecule has 0 bridgehead atoms. The van der Waals surface area contributed by atoms with Gasteiger partial charge in [-0.3, -0.25) is 4.90 Å². The molecule has 19 heavy (non-hydrogen) atoms. The highest BCUT2D eigenvalue weighted by Gasteiger charge is 2.21. The van der Waals surface area contributed by atoms with Crippen LogP contribution in [-0.4, -0.2) is 31.1 Å². The Hall–Kier alpha value is -0.640. The van der Waals surface area contributed by atoms with Crippen LogP contribution in [0.3, 0.4) is 0 Å². The van der Waals surface area contributed by atoms with Crippen molar-refractivity contribution in [3.63, 3.8) is 0 Å². The zero-order valence-corrected chi connectivity index (χ0v) is 12.6. The molecule has 1 aromatic carbocycles. The van der Waals surface area contributed by atoms with Gasteiger partial charge in [0.2, 0.25) is 0 Å². The molecule has 1 aliphatic rings. The lowest BCUT2D eigenvalue weighted by atomic mass is 9.98. The molecule has 0 saturated carbocycles. The Kier molecular flexibility index (Phi) is 6.76. The van der Waals surface area contributed by atoms with Crippen molar-refractivity contribution in [3.05, 3.63) is 35.1 Å². The summed E-state index contributed by atoms with van der Waals surface area (Å²) < 4.78 is 13.7. The average Bonchev–Trinajstić information content (AvgIpc) is 2.40. The zero-order valence-electron chi connectivity index (χ0n) is 11.8. The second-order valence-electron chi connectivity index (χ2n) is 5.10. The number of hydrogen-bond acceptors (Lipinski definition) is 2. The van der Waals surface area contributed by atoms with Crippen molar-refractivity contribution in [3.8, 4) is 0 Å². The molecule has 0 unspecified atom stereocenters. The fourth-order valence-corrected chi connectivity index (χ4v) is 2.64. The van der Waals surface area contributed by atoms with E-state index in [4.69, 9.17) is 0 Å². The Morgan fingerprint density at radius 3 is 2.58 bits per heavy atom. The number of nitrogens with zero attached hydrogens (tertiary/aromatic N) is 1. The Morgan fingerprint density at radius 2 is 2.00 bits per heavy atom. The van der Waals surface area contributed by atoms with Gasteiger partial charge in [0, 0.05) is 32.2 Å². The predicted octanol–water partition coefficient (Wildman–Crippen LogP) is 3.30. The van der Waals surface area contributed by atoms with E-state index in [0.29, 0.717) is 6.04 Å². The molecule has 1 atom stereocenters. The average molecular weight is 287 g/mol. The molecule has 1 aliphatic heterocycles. The highest BCUT2D eigenvalue weighted by atomic mass is 35.5. The Labute approximate surface area is 121 Å². The van der Waals surface area contributed by atoms with Crippen LogP contribution in [-0.2, 0) is 0 Å². The molecule has 108 valence electrons. The van der Waals surface area contributed by atoms with Gasteiger partial charge in [0.1, 0.15) is 5.82 Å². The van der Waals surface area contributed by atoms with E-state index in [9.17, 15) is 4.39 Å². The Bertz CT molecular complexity index is 392. The van der Waals surface area contributed by atoms with E-state index < -0.39 is 0 Å². The molecular formula is C15H24ClFN2. The first-order valence-corrected chi connectivity index (χ1v) is 6.93. The highest BCUT2D eigenvalue weighted by Crippen LogP contribution is 2.27. The minimum Gasteiger partial charge on any atom is -0.314 e. The van der Waals surface area contributed by atoms with Gasteiger partial charge in [-0.25, -0.2) is 4.39 Å². The lowest BCUT2D eigenvalue weighted by molar-refractivity contribution is 0.164. The smallest absolute Gasteiger partial charge is 0.126 e. The molecule has 1 heterocycles. The van der Waals surface area contributed by atoms with Crippen LogP contribution in [0, 0.1) is 12.7 Å². The molecule has 0 radical (unpaired) electrons. The van der Waals surface area contributed by atoms with Crippen LogP contribution < -0.4 is 5.32 Å². The molecule has 0 amide bonds. The van der Waals surface area contributed by atoms with E-state index in [1.165, 1.54) is 0 Å². The first-order valence-electron chi connectivity index (χ1n) is 6.93. The molecule has 1 N–H and O–H groups in total. The summed E-state index contributed by atoms with van der Waals surface area (Å²) in [6.07, 6.45) is 2.23. The number of aryl methyl sites for hydroxylation is 1. The Morgan fingerprint density at radius 1 is 1.32 bits per heavy atom. The second kappa shape index (κ2) is 7.83. The molecule has 0 aromatic heterocycles. The van der Waals surface area contributed by atoms with Crippen molar-refractivity contribution < 1.29 is 4.39 Å². The van der Waals surface area contributed by atoms with Gasteiger partial charge in [0.25, 0.3) is 0 Å². The lowest BCUT2D eigenvalue weighted by Crippen LogP contribution is -2.45. The summed E-state index contributed by atoms with van der Waals surface area (Å²) in [5.74, 6) is -0.0799. The number of piperazine rings is 1. The van der Waals surface area contributed by atoms with Crippen LogP contribution in [0.25, 0.3) is 0 Å². The van der Waals surface area contributed by atoms with E-state index >= 15 is 0 Å². The number of hydrogen-bond donors (Lipinski definition) is 1. The molecule has 2 nitrogen and oxygen atoms in total. The van der Waals surface area contributed by atoms with Gasteiger partial charge in [-0.15, -0.1) is 12.4 Å². The molecular weight excluding hydrogens is 263 g/mol. The van der Waals surface area contributed by atoms with Crippen LogP contribution in [0.1, 0.15) is 36.9 Å². The van der Waals surface area contributed by atoms with Crippen LogP contribution in [0.15, 0.2) is 18.2 Å². The molecule has 1 fully saturated rings. The van der Waals surface area contributed by atoms with Gasteiger partial charge in [-0.1, -0.05) is 25.5 Å². The minimum atomic E-state index is -0.0799. The standard InChI is InChI=1S/C15H23FN2.ClH/c1-3-4-15(18-9-7-17-8-10-18)13-6-5-12(2)14(16)11-13;/h5-6,11,15,17H,3-4,7-10H2,1-2H3;1H/t15-;/m0./s1. The van der Waals surface area contributed by atoms with E-state index in [-0.39, 0.29) is 18.2 Å². The minimum absolute atomic E-state index is 0. The van der Waals surface area contributed by atoms with Gasteiger partial charge in [0.05, 0.1) is 0 Å². The first kappa shape index (κ1) is 16.4. The topological polar surface area (TPSA) is 15.3 Å². The summed E-state index contributed by atoms with van der Waals surface area (Å²) in [4.78, 5) is 2.48. The number of benzene rings is 1. The molecule has 4 heteroatoms. The van der Waals surface area contributed by atoms with E-state index in [2.05, 4.69) is 23.2 Å². The van der Waals surface area contributed by atoms with Gasteiger partial charge >= 0.3 is 0 Å². The van der Waals surface area contributed by atoms with Crippen LogP contribution in [0.4, 0.5) is 4.39 Å². The van der Waals surface area contributed by atoms with Crippen LogP contribution in [0.5, 0.6) is 0 Å². The predicted molar refractivity (Wildman–Crippen MR) is 80.5 cm³/mol. The number of halogens is 2. The third-order valence-corrected chi connectivity index (χ3v) is 3.74. The maximum Gasteiger partial charge on any atom is 0.126 e. The van der Waals surface area contributed by atoms with Crippen molar-refractivity contribution in [1.82, 2.24) is 10.2 Å². The van der Waals surface area contributed by atoms with Crippen LogP contribution >= 0.6 is 12.4 Å². The molecule has 0 spiro atoms. The van der Waals surface area contributed by atoms with Crippen molar-refractivity contribution >= 4 is 12.4 Å². The number of rotatable bonds is 4. The van der Waals surface area contributed by atoms with Crippen molar-refractivity contribution in [2.75, 3.05) is 26.2 Å².